The van der Waals surface area contributed by atoms with Gasteiger partial charge in [0.1, 0.15) is 17.5 Å². The Morgan fingerprint density at radius 1 is 1.33 bits per heavy atom. The molecule has 1 N–H and O–H groups in total. The van der Waals surface area contributed by atoms with E-state index in [0.717, 1.165) is 17.5 Å². The quantitative estimate of drug-likeness (QED) is 0.840. The van der Waals surface area contributed by atoms with Crippen LogP contribution in [0.2, 0.25) is 0 Å². The van der Waals surface area contributed by atoms with Gasteiger partial charge in [-0.3, -0.25) is 0 Å². The molecule has 0 aromatic carbocycles. The van der Waals surface area contributed by atoms with Crippen molar-refractivity contribution in [2.45, 2.75) is 32.7 Å². The predicted octanol–water partition coefficient (Wildman–Crippen LogP) is 2.11. The molecule has 0 fully saturated rings. The molecule has 0 amide bonds. The summed E-state index contributed by atoms with van der Waals surface area (Å²) in [4.78, 5) is 11.2. The van der Waals surface area contributed by atoms with Gasteiger partial charge in [0.15, 0.2) is 0 Å². The summed E-state index contributed by atoms with van der Waals surface area (Å²) in [5.74, 6) is 2.93. The zero-order valence-electron chi connectivity index (χ0n) is 12.2. The first-order valence-corrected chi connectivity index (χ1v) is 6.28. The average molecular weight is 252 g/mol. The summed E-state index contributed by atoms with van der Waals surface area (Å²) in [7, 11) is 5.60. The first kappa shape index (κ1) is 14.7. The van der Waals surface area contributed by atoms with Gasteiger partial charge in [-0.05, 0) is 6.92 Å². The second-order valence-electron chi connectivity index (χ2n) is 4.79. The van der Waals surface area contributed by atoms with Crippen molar-refractivity contribution >= 4 is 11.6 Å². The van der Waals surface area contributed by atoms with Crippen molar-refractivity contribution in [3.63, 3.8) is 0 Å². The second kappa shape index (κ2) is 6.54. The molecule has 1 aromatic heterocycles. The molecule has 1 heterocycles. The molecule has 1 rings (SSSR count). The summed E-state index contributed by atoms with van der Waals surface area (Å²) in [6.45, 7) is 6.97. The van der Waals surface area contributed by atoms with Gasteiger partial charge in [-0.2, -0.15) is 0 Å². The van der Waals surface area contributed by atoms with Crippen molar-refractivity contribution < 1.29 is 4.74 Å². The average Bonchev–Trinajstić information content (AvgIpc) is 2.37. The Balaban J connectivity index is 3.03. The lowest BCUT2D eigenvalue weighted by Gasteiger charge is -2.26. The molecule has 1 unspecified atom stereocenters. The van der Waals surface area contributed by atoms with Gasteiger partial charge in [0.05, 0.1) is 12.6 Å². The summed E-state index contributed by atoms with van der Waals surface area (Å²) in [5, 5.41) is 3.08. The highest BCUT2D eigenvalue weighted by Gasteiger charge is 2.14. The SMILES string of the molecule is CNc1cc(N(C)C(C)COC)nc(C(C)C)n1. The summed E-state index contributed by atoms with van der Waals surface area (Å²) >= 11 is 0. The van der Waals surface area contributed by atoms with Gasteiger partial charge < -0.3 is 15.0 Å². The third kappa shape index (κ3) is 3.57. The van der Waals surface area contributed by atoms with Crippen LogP contribution >= 0.6 is 0 Å². The maximum absolute atomic E-state index is 5.18. The lowest BCUT2D eigenvalue weighted by atomic mass is 10.2. The molecule has 0 saturated heterocycles. The molecule has 0 radical (unpaired) electrons. The minimum absolute atomic E-state index is 0.273. The fraction of sp³-hybridized carbons (Fsp3) is 0.692. The Labute approximate surface area is 110 Å². The summed E-state index contributed by atoms with van der Waals surface area (Å²) in [6, 6.07) is 2.23. The van der Waals surface area contributed by atoms with Gasteiger partial charge >= 0.3 is 0 Å². The van der Waals surface area contributed by atoms with E-state index in [9.17, 15) is 0 Å². The van der Waals surface area contributed by atoms with Crippen LogP contribution in [0.3, 0.4) is 0 Å². The standard InChI is InChI=1S/C13H24N4O/c1-9(2)13-15-11(14-4)7-12(16-13)17(5)10(3)8-18-6/h7,9-10H,8H2,1-6H3,(H,14,15,16). The normalized spacial score (nSPS) is 12.6. The van der Waals surface area contributed by atoms with Gasteiger partial charge in [0.25, 0.3) is 0 Å². The molecule has 0 aliphatic rings. The predicted molar refractivity (Wildman–Crippen MR) is 75.4 cm³/mol. The van der Waals surface area contributed by atoms with E-state index >= 15 is 0 Å². The van der Waals surface area contributed by atoms with Crippen LogP contribution in [0, 0.1) is 0 Å². The fourth-order valence-electron chi connectivity index (χ4n) is 1.60. The molecule has 18 heavy (non-hydrogen) atoms. The number of rotatable bonds is 6. The lowest BCUT2D eigenvalue weighted by Crippen LogP contribution is -2.33. The van der Waals surface area contributed by atoms with Crippen molar-refractivity contribution in [3.05, 3.63) is 11.9 Å². The summed E-state index contributed by atoms with van der Waals surface area (Å²) in [6.07, 6.45) is 0. The number of methoxy groups -OCH3 is 1. The molecule has 0 bridgehead atoms. The lowest BCUT2D eigenvalue weighted by molar-refractivity contribution is 0.183. The molecule has 1 aromatic rings. The largest absolute Gasteiger partial charge is 0.383 e. The minimum atomic E-state index is 0.273. The fourth-order valence-corrected chi connectivity index (χ4v) is 1.60. The van der Waals surface area contributed by atoms with E-state index in [1.165, 1.54) is 0 Å². The van der Waals surface area contributed by atoms with E-state index in [-0.39, 0.29) is 6.04 Å². The van der Waals surface area contributed by atoms with Crippen molar-refractivity contribution in [2.24, 2.45) is 0 Å². The Kier molecular flexibility index (Phi) is 5.34. The third-order valence-electron chi connectivity index (χ3n) is 2.93. The Morgan fingerprint density at radius 2 is 2.00 bits per heavy atom. The van der Waals surface area contributed by atoms with Crippen LogP contribution in [-0.2, 0) is 4.74 Å². The Hall–Kier alpha value is -1.36. The highest BCUT2D eigenvalue weighted by atomic mass is 16.5. The maximum atomic E-state index is 5.18. The minimum Gasteiger partial charge on any atom is -0.383 e. The van der Waals surface area contributed by atoms with Crippen LogP contribution < -0.4 is 10.2 Å². The molecule has 0 aliphatic carbocycles. The van der Waals surface area contributed by atoms with Crippen LogP contribution in [0.4, 0.5) is 11.6 Å². The number of aromatic nitrogens is 2. The highest BCUT2D eigenvalue weighted by molar-refractivity contribution is 5.49. The van der Waals surface area contributed by atoms with Crippen molar-refractivity contribution in [1.29, 1.82) is 0 Å². The summed E-state index contributed by atoms with van der Waals surface area (Å²) < 4.78 is 5.18. The molecule has 5 nitrogen and oxygen atoms in total. The number of nitrogens with one attached hydrogen (secondary N) is 1. The first-order valence-electron chi connectivity index (χ1n) is 6.28. The molecule has 0 aliphatic heterocycles. The molecule has 102 valence electrons. The molecule has 0 spiro atoms. The molecular formula is C13H24N4O. The van der Waals surface area contributed by atoms with E-state index < -0.39 is 0 Å². The number of anilines is 2. The third-order valence-corrected chi connectivity index (χ3v) is 2.93. The van der Waals surface area contributed by atoms with Crippen LogP contribution in [0.5, 0.6) is 0 Å². The summed E-state index contributed by atoms with van der Waals surface area (Å²) in [5.41, 5.74) is 0. The van der Waals surface area contributed by atoms with E-state index in [1.807, 2.05) is 20.2 Å². The van der Waals surface area contributed by atoms with Gasteiger partial charge in [-0.25, -0.2) is 9.97 Å². The molecule has 0 saturated carbocycles. The van der Waals surface area contributed by atoms with Crippen LogP contribution in [0.25, 0.3) is 0 Å². The van der Waals surface area contributed by atoms with E-state index in [1.54, 1.807) is 7.11 Å². The van der Waals surface area contributed by atoms with E-state index in [0.29, 0.717) is 12.5 Å². The number of hydrogen-bond acceptors (Lipinski definition) is 5. The van der Waals surface area contributed by atoms with Crippen LogP contribution in [0.1, 0.15) is 32.5 Å². The second-order valence-corrected chi connectivity index (χ2v) is 4.79. The molecule has 1 atom stereocenters. The van der Waals surface area contributed by atoms with Crippen molar-refractivity contribution in [1.82, 2.24) is 9.97 Å². The van der Waals surface area contributed by atoms with Crippen LogP contribution in [0.15, 0.2) is 6.07 Å². The number of hydrogen-bond donors (Lipinski definition) is 1. The van der Waals surface area contributed by atoms with E-state index in [4.69, 9.17) is 4.74 Å². The zero-order valence-corrected chi connectivity index (χ0v) is 12.2. The monoisotopic (exact) mass is 252 g/mol. The number of nitrogens with zero attached hydrogens (tertiary/aromatic N) is 3. The van der Waals surface area contributed by atoms with E-state index in [2.05, 4.69) is 41.0 Å². The Bertz CT molecular complexity index is 381. The number of likely N-dealkylation sites (N-methyl/N-ethyl adjacent to an activating group) is 1. The van der Waals surface area contributed by atoms with Gasteiger partial charge in [0.2, 0.25) is 0 Å². The van der Waals surface area contributed by atoms with Gasteiger partial charge in [-0.15, -0.1) is 0 Å². The molecule has 5 heteroatoms. The smallest absolute Gasteiger partial charge is 0.135 e. The Morgan fingerprint density at radius 3 is 2.50 bits per heavy atom. The topological polar surface area (TPSA) is 50.3 Å². The highest BCUT2D eigenvalue weighted by Crippen LogP contribution is 2.20. The number of ether oxygens (including phenoxy) is 1. The van der Waals surface area contributed by atoms with Crippen molar-refractivity contribution in [2.75, 3.05) is 38.0 Å². The molecular weight excluding hydrogens is 228 g/mol. The zero-order chi connectivity index (χ0) is 13.7. The van der Waals surface area contributed by atoms with Crippen molar-refractivity contribution in [3.8, 4) is 0 Å². The van der Waals surface area contributed by atoms with Gasteiger partial charge in [0, 0.05) is 33.2 Å². The first-order chi connectivity index (χ1) is 8.49. The maximum Gasteiger partial charge on any atom is 0.135 e. The van der Waals surface area contributed by atoms with Gasteiger partial charge in [-0.1, -0.05) is 13.8 Å². The van der Waals surface area contributed by atoms with Crippen LogP contribution in [-0.4, -0.2) is 43.8 Å².